The van der Waals surface area contributed by atoms with Gasteiger partial charge in [-0.05, 0) is 0 Å². The van der Waals surface area contributed by atoms with E-state index in [1.54, 1.807) is 0 Å². The molecule has 0 heterocycles. The van der Waals surface area contributed by atoms with Gasteiger partial charge >= 0.3 is 0 Å². The molecule has 7 heavy (non-hydrogen) atoms. The van der Waals surface area contributed by atoms with Gasteiger partial charge in [-0.15, -0.1) is 6.42 Å². The molecule has 0 spiro atoms. The van der Waals surface area contributed by atoms with Crippen LogP contribution >= 0.6 is 0 Å². The molecule has 0 aliphatic carbocycles. The molecule has 1 heteroatoms. The maximum absolute atomic E-state index is 3.79. The van der Waals surface area contributed by atoms with E-state index in [-0.39, 0.29) is 32.7 Å². The van der Waals surface area contributed by atoms with Crippen LogP contribution in [0.2, 0.25) is 0 Å². The van der Waals surface area contributed by atoms with Crippen LogP contribution in [0.15, 0.2) is 0 Å². The van der Waals surface area contributed by atoms with Gasteiger partial charge in [0.2, 0.25) is 0 Å². The van der Waals surface area contributed by atoms with Crippen molar-refractivity contribution in [2.45, 2.75) is 19.8 Å². The summed E-state index contributed by atoms with van der Waals surface area (Å²) in [6.45, 7) is 9.58. The molecule has 41 valence electrons. The molecule has 1 unspecified atom stereocenters. The molecule has 0 aromatic rings. The van der Waals surface area contributed by atoms with Crippen molar-refractivity contribution in [3.8, 4) is 0 Å². The zero-order chi connectivity index (χ0) is 4.99. The fourth-order valence-corrected chi connectivity index (χ4v) is 0.348. The molecule has 1 atom stereocenters. The minimum atomic E-state index is 0. The minimum absolute atomic E-state index is 0. The number of rotatable bonds is 2. The second-order valence-electron chi connectivity index (χ2n) is 1.75. The fraction of sp³-hybridized carbons (Fsp3) is 0.667. The summed E-state index contributed by atoms with van der Waals surface area (Å²) in [6.07, 6.45) is 2.17. The molecule has 0 aliphatic rings. The Balaban J connectivity index is 0. The summed E-state index contributed by atoms with van der Waals surface area (Å²) >= 11 is 0. The first kappa shape index (κ1) is 11.0. The standard InChI is InChI=1S/C6H12.Y/c1-4-5-6(2)3;/h6H,1-2,4-5H2,3H3;/q-2;. The molecule has 0 aliphatic heterocycles. The van der Waals surface area contributed by atoms with Crippen molar-refractivity contribution in [2.75, 3.05) is 0 Å². The predicted octanol–water partition coefficient (Wildman–Crippen LogP) is 2.07. The van der Waals surface area contributed by atoms with Crippen LogP contribution in [0.5, 0.6) is 0 Å². The van der Waals surface area contributed by atoms with Gasteiger partial charge in [0, 0.05) is 32.7 Å². The quantitative estimate of drug-likeness (QED) is 0.560. The van der Waals surface area contributed by atoms with Crippen molar-refractivity contribution in [3.05, 3.63) is 13.8 Å². The molecule has 0 fully saturated rings. The van der Waals surface area contributed by atoms with Crippen molar-refractivity contribution in [1.82, 2.24) is 0 Å². The van der Waals surface area contributed by atoms with Crippen molar-refractivity contribution in [3.63, 3.8) is 0 Å². The molecule has 0 amide bonds. The van der Waals surface area contributed by atoms with E-state index < -0.39 is 0 Å². The van der Waals surface area contributed by atoms with E-state index in [0.717, 1.165) is 12.8 Å². The Morgan fingerprint density at radius 2 is 2.00 bits per heavy atom. The van der Waals surface area contributed by atoms with E-state index in [9.17, 15) is 0 Å². The van der Waals surface area contributed by atoms with Crippen molar-refractivity contribution >= 4 is 0 Å². The Hall–Kier alpha value is 1.10. The summed E-state index contributed by atoms with van der Waals surface area (Å²) in [5.41, 5.74) is 0. The number of hydrogen-bond donors (Lipinski definition) is 0. The van der Waals surface area contributed by atoms with E-state index in [4.69, 9.17) is 0 Å². The van der Waals surface area contributed by atoms with Gasteiger partial charge in [0.15, 0.2) is 0 Å². The molecule has 0 saturated heterocycles. The van der Waals surface area contributed by atoms with Gasteiger partial charge in [0.25, 0.3) is 0 Å². The van der Waals surface area contributed by atoms with E-state index in [2.05, 4.69) is 20.8 Å². The van der Waals surface area contributed by atoms with Crippen molar-refractivity contribution in [1.29, 1.82) is 0 Å². The molecular formula is C6H12Y-2. The Labute approximate surface area is 71.9 Å². The first-order valence-electron chi connectivity index (χ1n) is 2.39. The predicted molar refractivity (Wildman–Crippen MR) is 29.1 cm³/mol. The number of hydrogen-bond acceptors (Lipinski definition) is 0. The summed E-state index contributed by atoms with van der Waals surface area (Å²) < 4.78 is 0. The topological polar surface area (TPSA) is 0 Å². The molecule has 0 aromatic heterocycles. The third kappa shape index (κ3) is 11.0. The average molecular weight is 173 g/mol. The first-order chi connectivity index (χ1) is 2.77. The molecule has 0 nitrogen and oxygen atoms in total. The van der Waals surface area contributed by atoms with Crippen LogP contribution in [0.3, 0.4) is 0 Å². The van der Waals surface area contributed by atoms with Crippen LogP contribution in [0.4, 0.5) is 0 Å². The van der Waals surface area contributed by atoms with Gasteiger partial charge < -0.3 is 13.8 Å². The van der Waals surface area contributed by atoms with E-state index >= 15 is 0 Å². The largest absolute Gasteiger partial charge is 0.343 e. The van der Waals surface area contributed by atoms with Gasteiger partial charge in [0.1, 0.15) is 0 Å². The summed E-state index contributed by atoms with van der Waals surface area (Å²) in [5, 5.41) is 0. The van der Waals surface area contributed by atoms with Gasteiger partial charge in [-0.3, -0.25) is 0 Å². The molecule has 0 aromatic carbocycles. The summed E-state index contributed by atoms with van der Waals surface area (Å²) in [4.78, 5) is 0. The van der Waals surface area contributed by atoms with E-state index in [1.165, 1.54) is 0 Å². The van der Waals surface area contributed by atoms with E-state index in [1.807, 2.05) is 0 Å². The molecule has 0 bridgehead atoms. The van der Waals surface area contributed by atoms with Crippen LogP contribution in [0.25, 0.3) is 0 Å². The third-order valence-electron chi connectivity index (χ3n) is 0.697. The summed E-state index contributed by atoms with van der Waals surface area (Å²) in [7, 11) is 0. The molecule has 1 radical (unpaired) electrons. The monoisotopic (exact) mass is 173 g/mol. The smallest absolute Gasteiger partial charge is 0 e. The fourth-order valence-electron chi connectivity index (χ4n) is 0.348. The van der Waals surface area contributed by atoms with Crippen LogP contribution < -0.4 is 0 Å². The first-order valence-corrected chi connectivity index (χ1v) is 2.39. The summed E-state index contributed by atoms with van der Waals surface area (Å²) in [6, 6.07) is 0. The second kappa shape index (κ2) is 7.10. The zero-order valence-corrected chi connectivity index (χ0v) is 7.82. The van der Waals surface area contributed by atoms with Crippen molar-refractivity contribution < 1.29 is 32.7 Å². The zero-order valence-electron chi connectivity index (χ0n) is 4.98. The van der Waals surface area contributed by atoms with Gasteiger partial charge in [-0.2, -0.15) is 12.3 Å². The molecule has 0 N–H and O–H groups in total. The molecule has 0 saturated carbocycles. The Kier molecular flexibility index (Phi) is 11.1. The molecule has 0 rings (SSSR count). The molecular weight excluding hydrogens is 161 g/mol. The van der Waals surface area contributed by atoms with E-state index in [0.29, 0.717) is 5.92 Å². The Bertz CT molecular complexity index is 25.4. The summed E-state index contributed by atoms with van der Waals surface area (Å²) in [5.74, 6) is 0.586. The van der Waals surface area contributed by atoms with Crippen LogP contribution in [-0.4, -0.2) is 0 Å². The minimum Gasteiger partial charge on any atom is -0.343 e. The SMILES string of the molecule is [CH2-]CCC([CH2-])C.[Y]. The van der Waals surface area contributed by atoms with Gasteiger partial charge in [-0.25, -0.2) is 0 Å². The average Bonchev–Trinajstić information content (AvgIpc) is 1.35. The normalized spacial score (nSPS) is 12.4. The maximum atomic E-state index is 3.79. The Morgan fingerprint density at radius 3 is 2.00 bits per heavy atom. The second-order valence-corrected chi connectivity index (χ2v) is 1.75. The van der Waals surface area contributed by atoms with Crippen LogP contribution in [-0.2, 0) is 32.7 Å². The van der Waals surface area contributed by atoms with Crippen molar-refractivity contribution in [2.24, 2.45) is 5.92 Å². The van der Waals surface area contributed by atoms with Gasteiger partial charge in [0.05, 0.1) is 0 Å². The maximum Gasteiger partial charge on any atom is 0 e. The third-order valence-corrected chi connectivity index (χ3v) is 0.697. The van der Waals surface area contributed by atoms with Crippen LogP contribution in [0.1, 0.15) is 19.8 Å². The Morgan fingerprint density at radius 1 is 1.57 bits per heavy atom. The van der Waals surface area contributed by atoms with Crippen LogP contribution in [0, 0.1) is 19.8 Å². The van der Waals surface area contributed by atoms with Gasteiger partial charge in [-0.1, -0.05) is 6.92 Å².